The molecule has 0 aromatic heterocycles. The maximum Gasteiger partial charge on any atom is 0.341 e. The molecule has 0 saturated heterocycles. The Labute approximate surface area is 125 Å². The van der Waals surface area contributed by atoms with E-state index in [9.17, 15) is 4.79 Å². The van der Waals surface area contributed by atoms with Gasteiger partial charge in [-0.2, -0.15) is 0 Å². The average Bonchev–Trinajstić information content (AvgIpc) is 2.51. The second-order valence-electron chi connectivity index (χ2n) is 4.38. The van der Waals surface area contributed by atoms with Gasteiger partial charge in [0.2, 0.25) is 0 Å². The summed E-state index contributed by atoms with van der Waals surface area (Å²) in [6.45, 7) is 3.83. The van der Waals surface area contributed by atoms with E-state index in [0.29, 0.717) is 23.5 Å². The van der Waals surface area contributed by atoms with Gasteiger partial charge in [0.25, 0.3) is 0 Å². The molecule has 0 unspecified atom stereocenters. The first-order valence-electron chi connectivity index (χ1n) is 6.69. The monoisotopic (exact) mass is 294 g/mol. The Hall–Kier alpha value is -2.01. The molecule has 0 radical (unpaired) electrons. The number of rotatable bonds is 9. The Kier molecular flexibility index (Phi) is 7.32. The van der Waals surface area contributed by atoms with E-state index in [1.165, 1.54) is 14.2 Å². The summed E-state index contributed by atoms with van der Waals surface area (Å²) in [6.07, 6.45) is 4.30. The zero-order valence-corrected chi connectivity index (χ0v) is 12.8. The fourth-order valence-electron chi connectivity index (χ4n) is 1.98. The summed E-state index contributed by atoms with van der Waals surface area (Å²) in [4.78, 5) is 12.0. The molecule has 0 aliphatic carbocycles. The maximum atomic E-state index is 12.0. The van der Waals surface area contributed by atoms with E-state index in [1.807, 2.05) is 12.1 Å². The lowest BCUT2D eigenvalue weighted by Crippen LogP contribution is -2.10. The summed E-state index contributed by atoms with van der Waals surface area (Å²) in [5.74, 6) is 0.609. The topological polar surface area (TPSA) is 54.0 Å². The molecule has 0 fully saturated rings. The molecule has 1 rings (SSSR count). The smallest absolute Gasteiger partial charge is 0.341 e. The van der Waals surface area contributed by atoms with Crippen LogP contribution in [-0.2, 0) is 15.9 Å². The van der Waals surface area contributed by atoms with E-state index in [-0.39, 0.29) is 6.79 Å². The molecule has 0 N–H and O–H groups in total. The van der Waals surface area contributed by atoms with Crippen molar-refractivity contribution < 1.29 is 23.7 Å². The van der Waals surface area contributed by atoms with Gasteiger partial charge in [-0.25, -0.2) is 4.79 Å². The summed E-state index contributed by atoms with van der Waals surface area (Å²) >= 11 is 0. The maximum absolute atomic E-state index is 12.0. The predicted molar refractivity (Wildman–Crippen MR) is 80.0 cm³/mol. The first kappa shape index (κ1) is 17.0. The van der Waals surface area contributed by atoms with Crippen LogP contribution in [-0.4, -0.2) is 34.1 Å². The molecule has 0 aliphatic rings. The molecule has 0 bridgehead atoms. The number of hydrogen-bond acceptors (Lipinski definition) is 5. The van der Waals surface area contributed by atoms with Crippen LogP contribution in [0.4, 0.5) is 0 Å². The van der Waals surface area contributed by atoms with Crippen molar-refractivity contribution >= 4 is 5.97 Å². The van der Waals surface area contributed by atoms with E-state index >= 15 is 0 Å². The Morgan fingerprint density at radius 3 is 2.62 bits per heavy atom. The first-order valence-corrected chi connectivity index (χ1v) is 6.69. The number of hydrogen-bond donors (Lipinski definition) is 0. The minimum absolute atomic E-state index is 0.132. The van der Waals surface area contributed by atoms with Gasteiger partial charge in [0.1, 0.15) is 17.1 Å². The first-order chi connectivity index (χ1) is 10.2. The summed E-state index contributed by atoms with van der Waals surface area (Å²) < 4.78 is 20.5. The molecule has 0 spiro atoms. The van der Waals surface area contributed by atoms with Crippen LogP contribution in [0.25, 0.3) is 0 Å². The number of benzene rings is 1. The van der Waals surface area contributed by atoms with Crippen LogP contribution in [0, 0.1) is 0 Å². The highest BCUT2D eigenvalue weighted by molar-refractivity contribution is 5.94. The predicted octanol–water partition coefficient (Wildman–Crippen LogP) is 2.97. The number of aryl methyl sites for hydroxylation is 1. The van der Waals surface area contributed by atoms with Crippen LogP contribution in [0.5, 0.6) is 11.5 Å². The highest BCUT2D eigenvalue weighted by Crippen LogP contribution is 2.30. The van der Waals surface area contributed by atoms with Gasteiger partial charge < -0.3 is 18.9 Å². The molecule has 0 heterocycles. The van der Waals surface area contributed by atoms with Crippen LogP contribution in [0.1, 0.15) is 28.8 Å². The molecular weight excluding hydrogens is 272 g/mol. The van der Waals surface area contributed by atoms with Gasteiger partial charge in [0, 0.05) is 13.2 Å². The third-order valence-corrected chi connectivity index (χ3v) is 2.96. The fraction of sp³-hybridized carbons (Fsp3) is 0.438. The zero-order valence-electron chi connectivity index (χ0n) is 12.8. The van der Waals surface area contributed by atoms with Gasteiger partial charge in [-0.1, -0.05) is 6.08 Å². The molecule has 116 valence electrons. The second kappa shape index (κ2) is 9.02. The molecule has 1 aromatic carbocycles. The van der Waals surface area contributed by atoms with Crippen molar-refractivity contribution in [2.75, 3.05) is 28.1 Å². The molecule has 21 heavy (non-hydrogen) atoms. The van der Waals surface area contributed by atoms with Crippen LogP contribution in [0.2, 0.25) is 0 Å². The highest BCUT2D eigenvalue weighted by atomic mass is 16.7. The van der Waals surface area contributed by atoms with Crippen LogP contribution >= 0.6 is 0 Å². The third-order valence-electron chi connectivity index (χ3n) is 2.96. The quantitative estimate of drug-likeness (QED) is 0.303. The molecule has 5 heteroatoms. The largest absolute Gasteiger partial charge is 0.496 e. The van der Waals surface area contributed by atoms with Crippen molar-refractivity contribution in [3.05, 3.63) is 35.9 Å². The number of methoxy groups -OCH3 is 3. The SMILES string of the molecule is C=CCCCc1cc(OCOC)cc(OC)c1C(=O)OC. The number of allylic oxidation sites excluding steroid dienone is 1. The van der Waals surface area contributed by atoms with E-state index in [1.54, 1.807) is 13.2 Å². The summed E-state index contributed by atoms with van der Waals surface area (Å²) in [6, 6.07) is 3.47. The van der Waals surface area contributed by atoms with E-state index < -0.39 is 5.97 Å². The van der Waals surface area contributed by atoms with Crippen molar-refractivity contribution in [3.63, 3.8) is 0 Å². The zero-order chi connectivity index (χ0) is 15.7. The second-order valence-corrected chi connectivity index (χ2v) is 4.38. The fourth-order valence-corrected chi connectivity index (χ4v) is 1.98. The van der Waals surface area contributed by atoms with Crippen molar-refractivity contribution in [2.45, 2.75) is 19.3 Å². The molecule has 0 amide bonds. The molecule has 0 aliphatic heterocycles. The Bertz CT molecular complexity index is 482. The molecule has 0 saturated carbocycles. The summed E-state index contributed by atoms with van der Waals surface area (Å²) in [5, 5.41) is 0. The Morgan fingerprint density at radius 2 is 2.05 bits per heavy atom. The van der Waals surface area contributed by atoms with Gasteiger partial charge >= 0.3 is 5.97 Å². The third kappa shape index (κ3) is 4.79. The lowest BCUT2D eigenvalue weighted by Gasteiger charge is -2.15. The molecular formula is C16H22O5. The number of ether oxygens (including phenoxy) is 4. The van der Waals surface area contributed by atoms with Crippen molar-refractivity contribution in [1.82, 2.24) is 0 Å². The lowest BCUT2D eigenvalue weighted by molar-refractivity contribution is 0.0508. The van der Waals surface area contributed by atoms with Gasteiger partial charge in [-0.15, -0.1) is 6.58 Å². The molecule has 5 nitrogen and oxygen atoms in total. The molecule has 0 atom stereocenters. The number of esters is 1. The number of unbranched alkanes of at least 4 members (excludes halogenated alkanes) is 1. The summed E-state index contributed by atoms with van der Waals surface area (Å²) in [5.41, 5.74) is 1.27. The van der Waals surface area contributed by atoms with Gasteiger partial charge in [-0.05, 0) is 30.9 Å². The Balaban J connectivity index is 3.16. The van der Waals surface area contributed by atoms with E-state index in [0.717, 1.165) is 18.4 Å². The van der Waals surface area contributed by atoms with Crippen molar-refractivity contribution in [1.29, 1.82) is 0 Å². The molecule has 1 aromatic rings. The van der Waals surface area contributed by atoms with Crippen LogP contribution in [0.3, 0.4) is 0 Å². The lowest BCUT2D eigenvalue weighted by atomic mass is 10.00. The van der Waals surface area contributed by atoms with E-state index in [2.05, 4.69) is 6.58 Å². The van der Waals surface area contributed by atoms with Crippen molar-refractivity contribution in [2.24, 2.45) is 0 Å². The van der Waals surface area contributed by atoms with Crippen LogP contribution in [0.15, 0.2) is 24.8 Å². The number of carbonyl (C=O) groups excluding carboxylic acids is 1. The van der Waals surface area contributed by atoms with Gasteiger partial charge in [0.05, 0.1) is 14.2 Å². The number of carbonyl (C=O) groups is 1. The van der Waals surface area contributed by atoms with Gasteiger partial charge in [-0.3, -0.25) is 0 Å². The minimum Gasteiger partial charge on any atom is -0.496 e. The summed E-state index contributed by atoms with van der Waals surface area (Å²) in [7, 11) is 4.41. The van der Waals surface area contributed by atoms with Crippen LogP contribution < -0.4 is 9.47 Å². The highest BCUT2D eigenvalue weighted by Gasteiger charge is 2.19. The Morgan fingerprint density at radius 1 is 1.29 bits per heavy atom. The van der Waals surface area contributed by atoms with Gasteiger partial charge in [0.15, 0.2) is 6.79 Å². The standard InChI is InChI=1S/C16H22O5/c1-5-6-7-8-12-9-13(21-11-18-2)10-14(19-3)15(12)16(17)20-4/h5,9-10H,1,6-8,11H2,2-4H3. The minimum atomic E-state index is -0.418. The van der Waals surface area contributed by atoms with E-state index in [4.69, 9.17) is 18.9 Å². The normalized spacial score (nSPS) is 10.0. The van der Waals surface area contributed by atoms with Crippen molar-refractivity contribution in [3.8, 4) is 11.5 Å². The average molecular weight is 294 g/mol.